The minimum Gasteiger partial charge on any atom is -0.378 e. The molecule has 1 fully saturated rings. The van der Waals surface area contributed by atoms with Gasteiger partial charge in [0.25, 0.3) is 5.91 Å². The number of carbonyl (C=O) groups excluding carboxylic acids is 1. The number of hydrogen-bond donors (Lipinski definition) is 1. The molecule has 0 bridgehead atoms. The number of imidazole rings is 1. The highest BCUT2D eigenvalue weighted by Gasteiger charge is 2.42. The van der Waals surface area contributed by atoms with Crippen LogP contribution in [0.15, 0.2) is 36.9 Å². The first-order chi connectivity index (χ1) is 11.2. The third kappa shape index (κ3) is 3.10. The fourth-order valence-corrected chi connectivity index (χ4v) is 2.91. The first kappa shape index (κ1) is 16.0. The number of halogens is 1. The van der Waals surface area contributed by atoms with Crippen LogP contribution in [0.3, 0.4) is 0 Å². The molecule has 2 aromatic rings. The quantitative estimate of drug-likeness (QED) is 0.907. The number of rotatable bonds is 5. The van der Waals surface area contributed by atoms with Crippen molar-refractivity contribution in [2.75, 3.05) is 20.3 Å². The van der Waals surface area contributed by atoms with Crippen molar-refractivity contribution in [3.05, 3.63) is 47.5 Å². The fourth-order valence-electron chi connectivity index (χ4n) is 2.67. The number of methoxy groups -OCH3 is 1. The van der Waals surface area contributed by atoms with Gasteiger partial charge in [-0.05, 0) is 12.1 Å². The standard InChI is InChI=1S/C16H18ClN3O3/c1-22-16(5-8-23-10-16)15(21)19-9-12-13(17)3-2-4-14(12)20-7-6-18-11-20/h2-4,6-7,11H,5,8-10H2,1H3,(H,19,21). The molecule has 1 unspecified atom stereocenters. The Morgan fingerprint density at radius 3 is 3.09 bits per heavy atom. The van der Waals surface area contributed by atoms with Gasteiger partial charge in [0, 0.05) is 43.1 Å². The average molecular weight is 336 g/mol. The zero-order valence-electron chi connectivity index (χ0n) is 12.8. The van der Waals surface area contributed by atoms with Crippen molar-refractivity contribution in [3.63, 3.8) is 0 Å². The highest BCUT2D eigenvalue weighted by molar-refractivity contribution is 6.31. The van der Waals surface area contributed by atoms with Crippen molar-refractivity contribution in [2.45, 2.75) is 18.6 Å². The van der Waals surface area contributed by atoms with E-state index in [1.165, 1.54) is 7.11 Å². The van der Waals surface area contributed by atoms with Crippen molar-refractivity contribution in [1.82, 2.24) is 14.9 Å². The number of carbonyl (C=O) groups is 1. The number of benzene rings is 1. The molecule has 0 radical (unpaired) electrons. The Bertz CT molecular complexity index is 682. The smallest absolute Gasteiger partial charge is 0.255 e. The number of aromatic nitrogens is 2. The molecule has 1 aliphatic rings. The normalized spacial score (nSPS) is 20.6. The van der Waals surface area contributed by atoms with Gasteiger partial charge in [0.15, 0.2) is 5.60 Å². The zero-order valence-corrected chi connectivity index (χ0v) is 13.5. The topological polar surface area (TPSA) is 65.4 Å². The second-order valence-corrected chi connectivity index (χ2v) is 5.80. The number of hydrogen-bond acceptors (Lipinski definition) is 4. The molecule has 0 aliphatic carbocycles. The molecule has 23 heavy (non-hydrogen) atoms. The molecule has 3 rings (SSSR count). The molecule has 1 N–H and O–H groups in total. The Morgan fingerprint density at radius 2 is 2.43 bits per heavy atom. The van der Waals surface area contributed by atoms with Gasteiger partial charge in [0.05, 0.1) is 25.2 Å². The summed E-state index contributed by atoms with van der Waals surface area (Å²) in [4.78, 5) is 16.6. The first-order valence-corrected chi connectivity index (χ1v) is 7.71. The van der Waals surface area contributed by atoms with E-state index >= 15 is 0 Å². The van der Waals surface area contributed by atoms with E-state index in [9.17, 15) is 4.79 Å². The minimum absolute atomic E-state index is 0.186. The Hall–Kier alpha value is -1.89. The summed E-state index contributed by atoms with van der Waals surface area (Å²) in [5.41, 5.74) is 0.797. The predicted octanol–water partition coefficient (Wildman–Crippen LogP) is 1.95. The summed E-state index contributed by atoms with van der Waals surface area (Å²) in [7, 11) is 1.53. The van der Waals surface area contributed by atoms with Gasteiger partial charge in [-0.15, -0.1) is 0 Å². The lowest BCUT2D eigenvalue weighted by Gasteiger charge is -2.24. The van der Waals surface area contributed by atoms with E-state index in [0.29, 0.717) is 24.6 Å². The van der Waals surface area contributed by atoms with Gasteiger partial charge < -0.3 is 19.4 Å². The molecule has 1 saturated heterocycles. The van der Waals surface area contributed by atoms with E-state index < -0.39 is 5.60 Å². The predicted molar refractivity (Wildman–Crippen MR) is 85.6 cm³/mol. The summed E-state index contributed by atoms with van der Waals surface area (Å²) < 4.78 is 12.6. The molecule has 1 aromatic carbocycles. The summed E-state index contributed by atoms with van der Waals surface area (Å²) >= 11 is 6.32. The molecule has 7 heteroatoms. The lowest BCUT2D eigenvalue weighted by Crippen LogP contribution is -2.48. The van der Waals surface area contributed by atoms with E-state index in [0.717, 1.165) is 11.3 Å². The summed E-state index contributed by atoms with van der Waals surface area (Å²) in [6.07, 6.45) is 5.77. The molecule has 6 nitrogen and oxygen atoms in total. The highest BCUT2D eigenvalue weighted by atomic mass is 35.5. The molecular formula is C16H18ClN3O3. The molecule has 0 saturated carbocycles. The first-order valence-electron chi connectivity index (χ1n) is 7.33. The van der Waals surface area contributed by atoms with Crippen LogP contribution in [-0.4, -0.2) is 41.4 Å². The highest BCUT2D eigenvalue weighted by Crippen LogP contribution is 2.25. The maximum atomic E-state index is 12.5. The molecule has 1 aliphatic heterocycles. The summed E-state index contributed by atoms with van der Waals surface area (Å²) in [6, 6.07) is 5.60. The SMILES string of the molecule is COC1(C(=O)NCc2c(Cl)cccc2-n2ccnc2)CCOC1. The Balaban J connectivity index is 1.80. The molecule has 1 aromatic heterocycles. The third-order valence-corrected chi connectivity index (χ3v) is 4.45. The maximum absolute atomic E-state index is 12.5. The molecular weight excluding hydrogens is 318 g/mol. The van der Waals surface area contributed by atoms with Crippen molar-refractivity contribution in [2.24, 2.45) is 0 Å². The molecule has 1 atom stereocenters. The van der Waals surface area contributed by atoms with Crippen LogP contribution in [0, 0.1) is 0 Å². The fraction of sp³-hybridized carbons (Fsp3) is 0.375. The molecule has 1 amide bonds. The van der Waals surface area contributed by atoms with Gasteiger partial charge in [-0.2, -0.15) is 0 Å². The van der Waals surface area contributed by atoms with Crippen LogP contribution < -0.4 is 5.32 Å². The summed E-state index contributed by atoms with van der Waals surface area (Å²) in [5, 5.41) is 3.50. The van der Waals surface area contributed by atoms with Crippen LogP contribution >= 0.6 is 11.6 Å². The van der Waals surface area contributed by atoms with Crippen molar-refractivity contribution >= 4 is 17.5 Å². The number of nitrogens with one attached hydrogen (secondary N) is 1. The van der Waals surface area contributed by atoms with Crippen molar-refractivity contribution in [1.29, 1.82) is 0 Å². The third-order valence-electron chi connectivity index (χ3n) is 4.09. The number of nitrogens with zero attached hydrogens (tertiary/aromatic N) is 2. The minimum atomic E-state index is -0.906. The molecule has 122 valence electrons. The molecule has 0 spiro atoms. The monoisotopic (exact) mass is 335 g/mol. The van der Waals surface area contributed by atoms with Gasteiger partial charge in [-0.3, -0.25) is 4.79 Å². The van der Waals surface area contributed by atoms with Gasteiger partial charge in [-0.1, -0.05) is 17.7 Å². The lowest BCUT2D eigenvalue weighted by atomic mass is 10.0. The van der Waals surface area contributed by atoms with Crippen LogP contribution in [-0.2, 0) is 20.8 Å². The number of amides is 1. The van der Waals surface area contributed by atoms with Crippen LogP contribution in [0.5, 0.6) is 0 Å². The Kier molecular flexibility index (Phi) is 4.66. The van der Waals surface area contributed by atoms with Gasteiger partial charge in [0.1, 0.15) is 0 Å². The molecule has 2 heterocycles. The zero-order chi connectivity index (χ0) is 16.3. The van der Waals surface area contributed by atoms with Crippen molar-refractivity contribution < 1.29 is 14.3 Å². The Labute approximate surface area is 139 Å². The largest absolute Gasteiger partial charge is 0.378 e. The Morgan fingerprint density at radius 1 is 1.57 bits per heavy atom. The van der Waals surface area contributed by atoms with Crippen LogP contribution in [0.25, 0.3) is 5.69 Å². The van der Waals surface area contributed by atoms with Gasteiger partial charge >= 0.3 is 0 Å². The lowest BCUT2D eigenvalue weighted by molar-refractivity contribution is -0.143. The summed E-state index contributed by atoms with van der Waals surface area (Å²) in [5.74, 6) is -0.186. The van der Waals surface area contributed by atoms with E-state index in [1.807, 2.05) is 22.9 Å². The summed E-state index contributed by atoms with van der Waals surface area (Å²) in [6.45, 7) is 1.09. The maximum Gasteiger partial charge on any atom is 0.255 e. The van der Waals surface area contributed by atoms with Crippen LogP contribution in [0.2, 0.25) is 5.02 Å². The van der Waals surface area contributed by atoms with Crippen LogP contribution in [0.4, 0.5) is 0 Å². The average Bonchev–Trinajstić information content (AvgIpc) is 3.25. The number of ether oxygens (including phenoxy) is 2. The van der Waals surface area contributed by atoms with E-state index in [2.05, 4.69) is 10.3 Å². The second kappa shape index (κ2) is 6.70. The van der Waals surface area contributed by atoms with Crippen LogP contribution in [0.1, 0.15) is 12.0 Å². The van der Waals surface area contributed by atoms with Gasteiger partial charge in [-0.25, -0.2) is 4.98 Å². The van der Waals surface area contributed by atoms with Crippen molar-refractivity contribution in [3.8, 4) is 5.69 Å². The second-order valence-electron chi connectivity index (χ2n) is 5.39. The van der Waals surface area contributed by atoms with E-state index in [-0.39, 0.29) is 12.5 Å². The van der Waals surface area contributed by atoms with E-state index in [4.69, 9.17) is 21.1 Å². The van der Waals surface area contributed by atoms with E-state index in [1.54, 1.807) is 18.6 Å². The van der Waals surface area contributed by atoms with Gasteiger partial charge in [0.2, 0.25) is 0 Å².